The molecular weight excluding hydrogens is 254 g/mol. The van der Waals surface area contributed by atoms with Crippen LogP contribution in [0.1, 0.15) is 29.3 Å². The highest BCUT2D eigenvalue weighted by Gasteiger charge is 2.09. The first-order valence-electron chi connectivity index (χ1n) is 6.49. The molecule has 4 heteroatoms. The van der Waals surface area contributed by atoms with Gasteiger partial charge in [-0.3, -0.25) is 0 Å². The summed E-state index contributed by atoms with van der Waals surface area (Å²) in [6.07, 6.45) is 2.13. The van der Waals surface area contributed by atoms with Gasteiger partial charge >= 0.3 is 5.97 Å². The van der Waals surface area contributed by atoms with Gasteiger partial charge in [-0.1, -0.05) is 25.5 Å². The molecule has 0 bridgehead atoms. The van der Waals surface area contributed by atoms with E-state index in [0.29, 0.717) is 11.5 Å². The topological polar surface area (TPSA) is 72.5 Å². The van der Waals surface area contributed by atoms with E-state index in [1.54, 1.807) is 6.07 Å². The third-order valence-electron chi connectivity index (χ3n) is 2.95. The van der Waals surface area contributed by atoms with E-state index in [0.717, 1.165) is 12.8 Å². The Morgan fingerprint density at radius 1 is 1.15 bits per heavy atom. The van der Waals surface area contributed by atoms with Crippen LogP contribution in [0.3, 0.4) is 0 Å². The van der Waals surface area contributed by atoms with Gasteiger partial charge < -0.3 is 15.6 Å². The van der Waals surface area contributed by atoms with Crippen LogP contribution in [0.25, 0.3) is 0 Å². The Labute approximate surface area is 117 Å². The number of carboxylic acid groups (broad SMARTS) is 1. The van der Waals surface area contributed by atoms with E-state index < -0.39 is 5.97 Å². The summed E-state index contributed by atoms with van der Waals surface area (Å²) in [4.78, 5) is 11.0. The van der Waals surface area contributed by atoms with E-state index in [2.05, 4.69) is 6.92 Å². The van der Waals surface area contributed by atoms with Crippen LogP contribution in [0.15, 0.2) is 42.5 Å². The number of nitrogen functional groups attached to an aromatic ring is 1. The molecule has 2 rings (SSSR count). The van der Waals surface area contributed by atoms with Crippen molar-refractivity contribution in [3.8, 4) is 11.5 Å². The van der Waals surface area contributed by atoms with Crippen LogP contribution in [0.2, 0.25) is 0 Å². The molecule has 20 heavy (non-hydrogen) atoms. The summed E-state index contributed by atoms with van der Waals surface area (Å²) in [5, 5.41) is 9.02. The number of hydrogen-bond acceptors (Lipinski definition) is 3. The highest BCUT2D eigenvalue weighted by molar-refractivity contribution is 5.94. The van der Waals surface area contributed by atoms with Crippen molar-refractivity contribution in [3.05, 3.63) is 53.6 Å². The number of hydrogen-bond donors (Lipinski definition) is 2. The fourth-order valence-electron chi connectivity index (χ4n) is 1.93. The van der Waals surface area contributed by atoms with E-state index in [4.69, 9.17) is 15.6 Å². The molecule has 0 saturated carbocycles. The van der Waals surface area contributed by atoms with Gasteiger partial charge in [0, 0.05) is 5.69 Å². The summed E-state index contributed by atoms with van der Waals surface area (Å²) in [5.74, 6) is 0.0667. The quantitative estimate of drug-likeness (QED) is 0.813. The number of aromatic carboxylic acids is 1. The second-order valence-corrected chi connectivity index (χ2v) is 4.55. The van der Waals surface area contributed by atoms with Crippen LogP contribution in [-0.2, 0) is 6.42 Å². The van der Waals surface area contributed by atoms with Gasteiger partial charge in [-0.05, 0) is 42.3 Å². The molecule has 2 aromatic rings. The molecule has 104 valence electrons. The number of aryl methyl sites for hydroxylation is 1. The lowest BCUT2D eigenvalue weighted by Crippen LogP contribution is -2.02. The van der Waals surface area contributed by atoms with Crippen LogP contribution < -0.4 is 10.5 Å². The third-order valence-corrected chi connectivity index (χ3v) is 2.95. The van der Waals surface area contributed by atoms with Crippen molar-refractivity contribution in [3.63, 3.8) is 0 Å². The van der Waals surface area contributed by atoms with E-state index >= 15 is 0 Å². The molecule has 0 aliphatic rings. The van der Waals surface area contributed by atoms with Crippen LogP contribution in [0.5, 0.6) is 11.5 Å². The summed E-state index contributed by atoms with van der Waals surface area (Å²) in [7, 11) is 0. The first kappa shape index (κ1) is 13.9. The Balaban J connectivity index is 2.17. The number of carboxylic acids is 1. The van der Waals surface area contributed by atoms with Gasteiger partial charge in [0.1, 0.15) is 11.5 Å². The Kier molecular flexibility index (Phi) is 4.25. The zero-order valence-electron chi connectivity index (χ0n) is 11.3. The Bertz CT molecular complexity index is 606. The summed E-state index contributed by atoms with van der Waals surface area (Å²) in [6.45, 7) is 2.13. The van der Waals surface area contributed by atoms with E-state index in [1.807, 2.05) is 24.3 Å². The van der Waals surface area contributed by atoms with Crippen molar-refractivity contribution in [1.82, 2.24) is 0 Å². The maximum Gasteiger partial charge on any atom is 0.337 e. The van der Waals surface area contributed by atoms with Crippen molar-refractivity contribution in [1.29, 1.82) is 0 Å². The highest BCUT2D eigenvalue weighted by Crippen LogP contribution is 2.25. The smallest absolute Gasteiger partial charge is 0.337 e. The van der Waals surface area contributed by atoms with Crippen molar-refractivity contribution >= 4 is 11.7 Å². The molecule has 0 saturated heterocycles. The van der Waals surface area contributed by atoms with Gasteiger partial charge in [0.2, 0.25) is 0 Å². The Hall–Kier alpha value is -2.49. The van der Waals surface area contributed by atoms with Gasteiger partial charge in [-0.25, -0.2) is 4.79 Å². The van der Waals surface area contributed by atoms with Gasteiger partial charge in [0.05, 0.1) is 5.56 Å². The third kappa shape index (κ3) is 3.29. The molecule has 0 unspecified atom stereocenters. The van der Waals surface area contributed by atoms with Crippen LogP contribution in [0.4, 0.5) is 5.69 Å². The number of ether oxygens (including phenoxy) is 1. The zero-order valence-corrected chi connectivity index (χ0v) is 11.3. The lowest BCUT2D eigenvalue weighted by Gasteiger charge is -2.08. The van der Waals surface area contributed by atoms with Crippen LogP contribution >= 0.6 is 0 Å². The van der Waals surface area contributed by atoms with Crippen molar-refractivity contribution < 1.29 is 14.6 Å². The van der Waals surface area contributed by atoms with Gasteiger partial charge in [0.15, 0.2) is 0 Å². The number of benzene rings is 2. The normalized spacial score (nSPS) is 10.2. The molecule has 0 amide bonds. The molecule has 0 fully saturated rings. The summed E-state index contributed by atoms with van der Waals surface area (Å²) in [6, 6.07) is 12.4. The largest absolute Gasteiger partial charge is 0.478 e. The molecular formula is C16H17NO3. The van der Waals surface area contributed by atoms with Crippen molar-refractivity contribution in [2.24, 2.45) is 0 Å². The highest BCUT2D eigenvalue weighted by atomic mass is 16.5. The molecule has 3 N–H and O–H groups in total. The van der Waals surface area contributed by atoms with Crippen LogP contribution in [0, 0.1) is 0 Å². The molecule has 0 heterocycles. The molecule has 0 atom stereocenters. The average Bonchev–Trinajstić information content (AvgIpc) is 2.43. The fraction of sp³-hybridized carbons (Fsp3) is 0.188. The van der Waals surface area contributed by atoms with E-state index in [-0.39, 0.29) is 11.3 Å². The standard InChI is InChI=1S/C16H17NO3/c1-2-3-11-4-6-12(7-5-11)20-13-8-9-15(17)14(10-13)16(18)19/h4-10H,2-3,17H2,1H3,(H,18,19). The maximum atomic E-state index is 11.0. The Morgan fingerprint density at radius 2 is 1.80 bits per heavy atom. The molecule has 2 aromatic carbocycles. The molecule has 0 aromatic heterocycles. The predicted molar refractivity (Wildman–Crippen MR) is 78.3 cm³/mol. The second-order valence-electron chi connectivity index (χ2n) is 4.55. The van der Waals surface area contributed by atoms with Crippen molar-refractivity contribution in [2.45, 2.75) is 19.8 Å². The first-order chi connectivity index (χ1) is 9.60. The number of rotatable bonds is 5. The molecule has 0 aliphatic carbocycles. The summed E-state index contributed by atoms with van der Waals surface area (Å²) in [5.41, 5.74) is 7.13. The number of carbonyl (C=O) groups is 1. The first-order valence-corrected chi connectivity index (χ1v) is 6.49. The number of anilines is 1. The molecule has 0 radical (unpaired) electrons. The van der Waals surface area contributed by atoms with Gasteiger partial charge in [-0.15, -0.1) is 0 Å². The lowest BCUT2D eigenvalue weighted by atomic mass is 10.1. The minimum Gasteiger partial charge on any atom is -0.478 e. The predicted octanol–water partition coefficient (Wildman–Crippen LogP) is 3.71. The summed E-state index contributed by atoms with van der Waals surface area (Å²) >= 11 is 0. The lowest BCUT2D eigenvalue weighted by molar-refractivity contribution is 0.0697. The summed E-state index contributed by atoms with van der Waals surface area (Å²) < 4.78 is 5.64. The minimum atomic E-state index is -1.06. The van der Waals surface area contributed by atoms with E-state index in [1.165, 1.54) is 17.7 Å². The van der Waals surface area contributed by atoms with Crippen molar-refractivity contribution in [2.75, 3.05) is 5.73 Å². The second kappa shape index (κ2) is 6.10. The van der Waals surface area contributed by atoms with Crippen LogP contribution in [-0.4, -0.2) is 11.1 Å². The van der Waals surface area contributed by atoms with Gasteiger partial charge in [0.25, 0.3) is 0 Å². The van der Waals surface area contributed by atoms with Gasteiger partial charge in [-0.2, -0.15) is 0 Å². The maximum absolute atomic E-state index is 11.0. The SMILES string of the molecule is CCCc1ccc(Oc2ccc(N)c(C(=O)O)c2)cc1. The minimum absolute atomic E-state index is 0.0464. The molecule has 4 nitrogen and oxygen atoms in total. The van der Waals surface area contributed by atoms with E-state index in [9.17, 15) is 4.79 Å². The average molecular weight is 271 g/mol. The number of nitrogens with two attached hydrogens (primary N) is 1. The monoisotopic (exact) mass is 271 g/mol. The molecule has 0 aliphatic heterocycles. The zero-order chi connectivity index (χ0) is 14.5. The fourth-order valence-corrected chi connectivity index (χ4v) is 1.93. The molecule has 0 spiro atoms. The Morgan fingerprint density at radius 3 is 2.40 bits per heavy atom.